The standard InChI is InChI=1S/C18H17ClN4O3/c1-11-8-16-20-9-14(18(25)23(16)21-11)17(24)22-6-7-26-15(10-22)12-2-4-13(19)5-3-12/h2-5,8-9,15,21H,6-7,10H2,1H3/t15-/m1/s1. The number of hydrogen-bond acceptors (Lipinski definition) is 4. The molecule has 2 aromatic heterocycles. The Morgan fingerprint density at radius 3 is 2.88 bits per heavy atom. The van der Waals surface area contributed by atoms with E-state index in [4.69, 9.17) is 16.3 Å². The predicted molar refractivity (Wildman–Crippen MR) is 96.6 cm³/mol. The van der Waals surface area contributed by atoms with Crippen molar-refractivity contribution in [3.05, 3.63) is 68.7 Å². The minimum atomic E-state index is -0.400. The second-order valence-electron chi connectivity index (χ2n) is 6.27. The molecule has 1 aliphatic rings. The first-order valence-electron chi connectivity index (χ1n) is 8.26. The molecular weight excluding hydrogens is 356 g/mol. The van der Waals surface area contributed by atoms with Crippen molar-refractivity contribution >= 4 is 23.2 Å². The van der Waals surface area contributed by atoms with Gasteiger partial charge in [0.25, 0.3) is 11.5 Å². The monoisotopic (exact) mass is 372 g/mol. The molecule has 26 heavy (non-hydrogen) atoms. The molecular formula is C18H17ClN4O3. The summed E-state index contributed by atoms with van der Waals surface area (Å²) in [6.07, 6.45) is 1.09. The van der Waals surface area contributed by atoms with E-state index in [9.17, 15) is 9.59 Å². The number of H-pyrrole nitrogens is 1. The van der Waals surface area contributed by atoms with Gasteiger partial charge in [-0.25, -0.2) is 9.50 Å². The van der Waals surface area contributed by atoms with E-state index in [1.807, 2.05) is 19.1 Å². The van der Waals surface area contributed by atoms with Crippen LogP contribution in [0.5, 0.6) is 0 Å². The summed E-state index contributed by atoms with van der Waals surface area (Å²) in [5.74, 6) is -0.341. The fourth-order valence-corrected chi connectivity index (χ4v) is 3.24. The Hall–Kier alpha value is -2.64. The summed E-state index contributed by atoms with van der Waals surface area (Å²) in [4.78, 5) is 31.3. The lowest BCUT2D eigenvalue weighted by Gasteiger charge is -2.33. The number of ether oxygens (including phenoxy) is 1. The smallest absolute Gasteiger partial charge is 0.285 e. The van der Waals surface area contributed by atoms with E-state index in [1.54, 1.807) is 23.1 Å². The first-order chi connectivity index (χ1) is 12.5. The number of halogens is 1. The molecule has 4 rings (SSSR count). The first-order valence-corrected chi connectivity index (χ1v) is 8.64. The van der Waals surface area contributed by atoms with Gasteiger partial charge < -0.3 is 9.64 Å². The van der Waals surface area contributed by atoms with Gasteiger partial charge >= 0.3 is 0 Å². The minimum Gasteiger partial charge on any atom is -0.370 e. The van der Waals surface area contributed by atoms with Crippen molar-refractivity contribution in [1.29, 1.82) is 0 Å². The SMILES string of the molecule is Cc1cc2ncc(C(=O)N3CCO[C@@H](c4ccc(Cl)cc4)C3)c(=O)n2[nH]1. The molecule has 8 heteroatoms. The second kappa shape index (κ2) is 6.59. The lowest BCUT2D eigenvalue weighted by atomic mass is 10.1. The van der Waals surface area contributed by atoms with Gasteiger partial charge in [-0.05, 0) is 24.6 Å². The summed E-state index contributed by atoms with van der Waals surface area (Å²) >= 11 is 5.92. The van der Waals surface area contributed by atoms with Gasteiger partial charge in [0, 0.05) is 29.5 Å². The molecule has 0 bridgehead atoms. The van der Waals surface area contributed by atoms with Crippen molar-refractivity contribution in [3.63, 3.8) is 0 Å². The van der Waals surface area contributed by atoms with Crippen LogP contribution in [-0.2, 0) is 4.74 Å². The molecule has 0 radical (unpaired) electrons. The molecule has 0 aliphatic carbocycles. The summed E-state index contributed by atoms with van der Waals surface area (Å²) in [5.41, 5.74) is 1.87. The van der Waals surface area contributed by atoms with Crippen LogP contribution >= 0.6 is 11.6 Å². The molecule has 1 fully saturated rings. The highest BCUT2D eigenvalue weighted by Gasteiger charge is 2.28. The Balaban J connectivity index is 1.60. The van der Waals surface area contributed by atoms with Crippen LogP contribution in [0.25, 0.3) is 5.65 Å². The van der Waals surface area contributed by atoms with Crippen LogP contribution in [0, 0.1) is 6.92 Å². The van der Waals surface area contributed by atoms with Crippen molar-refractivity contribution < 1.29 is 9.53 Å². The number of morpholine rings is 1. The maximum atomic E-state index is 12.9. The van der Waals surface area contributed by atoms with Gasteiger partial charge in [0.2, 0.25) is 0 Å². The summed E-state index contributed by atoms with van der Waals surface area (Å²) in [6.45, 7) is 3.02. The number of fused-ring (bicyclic) bond motifs is 1. The third-order valence-electron chi connectivity index (χ3n) is 4.45. The van der Waals surface area contributed by atoms with Gasteiger partial charge in [-0.3, -0.25) is 14.7 Å². The highest BCUT2D eigenvalue weighted by molar-refractivity contribution is 6.30. The van der Waals surface area contributed by atoms with Crippen LogP contribution in [0.3, 0.4) is 0 Å². The molecule has 7 nitrogen and oxygen atoms in total. The predicted octanol–water partition coefficient (Wildman–Crippen LogP) is 2.20. The number of carbonyl (C=O) groups is 1. The Bertz CT molecular complexity index is 1030. The lowest BCUT2D eigenvalue weighted by Crippen LogP contribution is -2.44. The number of hydrogen-bond donors (Lipinski definition) is 1. The van der Waals surface area contributed by atoms with Gasteiger partial charge in [0.15, 0.2) is 5.65 Å². The molecule has 1 aromatic carbocycles. The van der Waals surface area contributed by atoms with Crippen molar-refractivity contribution in [1.82, 2.24) is 19.5 Å². The zero-order chi connectivity index (χ0) is 18.3. The van der Waals surface area contributed by atoms with E-state index in [1.165, 1.54) is 10.7 Å². The van der Waals surface area contributed by atoms with E-state index in [0.29, 0.717) is 30.4 Å². The highest BCUT2D eigenvalue weighted by Crippen LogP contribution is 2.24. The zero-order valence-corrected chi connectivity index (χ0v) is 14.9. The van der Waals surface area contributed by atoms with Crippen LogP contribution in [0.2, 0.25) is 5.02 Å². The lowest BCUT2D eigenvalue weighted by molar-refractivity contribution is -0.0229. The number of aromatic nitrogens is 3. The molecule has 1 amide bonds. The summed E-state index contributed by atoms with van der Waals surface area (Å²) in [5, 5.41) is 3.54. The Labute approximate surface area is 154 Å². The van der Waals surface area contributed by atoms with Gasteiger partial charge in [-0.15, -0.1) is 0 Å². The number of aryl methyl sites for hydroxylation is 1. The highest BCUT2D eigenvalue weighted by atomic mass is 35.5. The van der Waals surface area contributed by atoms with Crippen LogP contribution in [0.15, 0.2) is 41.3 Å². The van der Waals surface area contributed by atoms with E-state index >= 15 is 0 Å². The molecule has 3 heterocycles. The molecule has 0 spiro atoms. The molecule has 1 N–H and O–H groups in total. The largest absolute Gasteiger partial charge is 0.370 e. The topological polar surface area (TPSA) is 79.7 Å². The number of carbonyl (C=O) groups excluding carboxylic acids is 1. The van der Waals surface area contributed by atoms with E-state index in [-0.39, 0.29) is 17.6 Å². The fourth-order valence-electron chi connectivity index (χ4n) is 3.11. The van der Waals surface area contributed by atoms with Crippen molar-refractivity contribution in [2.75, 3.05) is 19.7 Å². The van der Waals surface area contributed by atoms with Crippen LogP contribution in [0.1, 0.15) is 27.7 Å². The summed E-state index contributed by atoms with van der Waals surface area (Å²) in [7, 11) is 0. The second-order valence-corrected chi connectivity index (χ2v) is 6.71. The molecule has 1 aliphatic heterocycles. The van der Waals surface area contributed by atoms with E-state index in [0.717, 1.165) is 11.3 Å². The summed E-state index contributed by atoms with van der Waals surface area (Å²) < 4.78 is 7.07. The summed E-state index contributed by atoms with van der Waals surface area (Å²) in [6, 6.07) is 9.09. The molecule has 134 valence electrons. The van der Waals surface area contributed by atoms with Crippen molar-refractivity contribution in [2.45, 2.75) is 13.0 Å². The molecule has 3 aromatic rings. The maximum Gasteiger partial charge on any atom is 0.285 e. The fraction of sp³-hybridized carbons (Fsp3) is 0.278. The number of nitrogens with one attached hydrogen (secondary N) is 1. The van der Waals surface area contributed by atoms with Gasteiger partial charge in [-0.2, -0.15) is 0 Å². The first kappa shape index (κ1) is 16.8. The van der Waals surface area contributed by atoms with Gasteiger partial charge in [-0.1, -0.05) is 23.7 Å². The van der Waals surface area contributed by atoms with Crippen LogP contribution in [0.4, 0.5) is 0 Å². The number of amides is 1. The van der Waals surface area contributed by atoms with Gasteiger partial charge in [0.05, 0.1) is 13.2 Å². The molecule has 1 saturated heterocycles. The molecule has 1 atom stereocenters. The van der Waals surface area contributed by atoms with Crippen LogP contribution < -0.4 is 5.56 Å². The van der Waals surface area contributed by atoms with Crippen molar-refractivity contribution in [2.24, 2.45) is 0 Å². The Kier molecular flexibility index (Phi) is 4.26. The Morgan fingerprint density at radius 1 is 1.35 bits per heavy atom. The molecule has 0 saturated carbocycles. The van der Waals surface area contributed by atoms with E-state index < -0.39 is 5.56 Å². The number of nitrogens with zero attached hydrogens (tertiary/aromatic N) is 3. The number of aromatic amines is 1. The molecule has 0 unspecified atom stereocenters. The third-order valence-corrected chi connectivity index (χ3v) is 4.70. The number of benzene rings is 1. The third kappa shape index (κ3) is 3.00. The van der Waals surface area contributed by atoms with Gasteiger partial charge in [0.1, 0.15) is 11.7 Å². The average Bonchev–Trinajstić information content (AvgIpc) is 3.04. The Morgan fingerprint density at radius 2 is 2.12 bits per heavy atom. The minimum absolute atomic E-state index is 0.0427. The zero-order valence-electron chi connectivity index (χ0n) is 14.1. The number of rotatable bonds is 2. The maximum absolute atomic E-state index is 12.9. The quantitative estimate of drug-likeness (QED) is 0.747. The normalized spacial score (nSPS) is 17.6. The van der Waals surface area contributed by atoms with E-state index in [2.05, 4.69) is 10.1 Å². The average molecular weight is 373 g/mol. The van der Waals surface area contributed by atoms with Crippen molar-refractivity contribution in [3.8, 4) is 0 Å². The van der Waals surface area contributed by atoms with Crippen LogP contribution in [-0.4, -0.2) is 45.1 Å².